The van der Waals surface area contributed by atoms with Gasteiger partial charge in [-0.2, -0.15) is 0 Å². The molecular formula is C44H55F2N5O2SSi. The van der Waals surface area contributed by atoms with E-state index < -0.39 is 25.3 Å². The van der Waals surface area contributed by atoms with E-state index >= 15 is 8.78 Å². The number of rotatable bonds is 6. The summed E-state index contributed by atoms with van der Waals surface area (Å²) in [5, 5.41) is 2.45. The van der Waals surface area contributed by atoms with E-state index in [1.807, 2.05) is 50.8 Å². The minimum absolute atomic E-state index is 0.0343. The van der Waals surface area contributed by atoms with Crippen molar-refractivity contribution in [1.29, 1.82) is 0 Å². The Balaban J connectivity index is 1.44. The number of ether oxygens (including phenoxy) is 1. The molecule has 11 heteroatoms. The van der Waals surface area contributed by atoms with Gasteiger partial charge in [0.2, 0.25) is 0 Å². The van der Waals surface area contributed by atoms with Crippen LogP contribution in [0.4, 0.5) is 19.4 Å². The molecule has 2 aromatic heterocycles. The summed E-state index contributed by atoms with van der Waals surface area (Å²) in [6.07, 6.45) is 1.96. The third kappa shape index (κ3) is 6.69. The molecule has 292 valence electrons. The van der Waals surface area contributed by atoms with Gasteiger partial charge in [-0.15, -0.1) is 5.54 Å². The lowest BCUT2D eigenvalue weighted by Crippen LogP contribution is -2.63. The number of carbonyl (C=O) groups is 1. The van der Waals surface area contributed by atoms with Crippen LogP contribution in [0, 0.1) is 29.0 Å². The van der Waals surface area contributed by atoms with Crippen molar-refractivity contribution in [3.05, 3.63) is 53.2 Å². The fraction of sp³-hybridized carbons (Fsp3) is 0.545. The van der Waals surface area contributed by atoms with Gasteiger partial charge in [-0.25, -0.2) is 28.5 Å². The van der Waals surface area contributed by atoms with Gasteiger partial charge in [0.05, 0.1) is 34.8 Å². The van der Waals surface area contributed by atoms with Gasteiger partial charge in [-0.3, -0.25) is 4.90 Å². The molecule has 4 aromatic rings. The molecule has 55 heavy (non-hydrogen) atoms. The molecule has 0 unspecified atom stereocenters. The number of amides is 1. The van der Waals surface area contributed by atoms with E-state index in [0.29, 0.717) is 68.3 Å². The van der Waals surface area contributed by atoms with Crippen molar-refractivity contribution in [3.8, 4) is 22.7 Å². The Hall–Kier alpha value is -3.75. The highest BCUT2D eigenvalue weighted by Gasteiger charge is 2.53. The normalized spacial score (nSPS) is 21.0. The van der Waals surface area contributed by atoms with Crippen LogP contribution in [0.15, 0.2) is 35.5 Å². The highest BCUT2D eigenvalue weighted by Crippen LogP contribution is 2.47. The molecule has 0 spiro atoms. The Bertz CT molecular complexity index is 2210. The van der Waals surface area contributed by atoms with E-state index in [1.54, 1.807) is 6.07 Å². The third-order valence-electron chi connectivity index (χ3n) is 12.3. The van der Waals surface area contributed by atoms with Crippen molar-refractivity contribution in [1.82, 2.24) is 19.9 Å². The average Bonchev–Trinajstić information content (AvgIpc) is 3.35. The van der Waals surface area contributed by atoms with Gasteiger partial charge < -0.3 is 9.64 Å². The summed E-state index contributed by atoms with van der Waals surface area (Å²) in [5.74, 6) is 3.84. The lowest BCUT2D eigenvalue weighted by atomic mass is 9.88. The zero-order valence-electron chi connectivity index (χ0n) is 34.2. The first-order valence-electron chi connectivity index (χ1n) is 20.0. The largest absolute Gasteiger partial charge is 0.444 e. The quantitative estimate of drug-likeness (QED) is 0.0834. The fourth-order valence-electron chi connectivity index (χ4n) is 10.1. The van der Waals surface area contributed by atoms with Crippen LogP contribution in [0.2, 0.25) is 16.6 Å². The molecule has 2 fully saturated rings. The van der Waals surface area contributed by atoms with Crippen LogP contribution in [-0.2, 0) is 11.2 Å². The monoisotopic (exact) mass is 783 g/mol. The molecule has 5 heterocycles. The Morgan fingerprint density at radius 1 is 1.00 bits per heavy atom. The van der Waals surface area contributed by atoms with Crippen molar-refractivity contribution in [2.75, 3.05) is 17.2 Å². The number of carbonyl (C=O) groups excluding carboxylic acids is 1. The number of anilines is 1. The fourth-order valence-corrected chi connectivity index (χ4v) is 15.9. The number of aromatic nitrogens is 3. The Labute approximate surface area is 330 Å². The topological polar surface area (TPSA) is 71.5 Å². The number of pyridine rings is 1. The second kappa shape index (κ2) is 14.6. The summed E-state index contributed by atoms with van der Waals surface area (Å²) in [6.45, 7) is 23.9. The summed E-state index contributed by atoms with van der Waals surface area (Å²) in [7, 11) is -2.22. The molecule has 2 aromatic carbocycles. The molecule has 2 bridgehead atoms. The van der Waals surface area contributed by atoms with Gasteiger partial charge in [0.15, 0.2) is 11.0 Å². The molecule has 7 nitrogen and oxygen atoms in total. The second-order valence-electron chi connectivity index (χ2n) is 17.7. The van der Waals surface area contributed by atoms with E-state index in [0.717, 1.165) is 18.2 Å². The first kappa shape index (κ1) is 39.5. The summed E-state index contributed by atoms with van der Waals surface area (Å²) in [4.78, 5) is 33.1. The number of halogens is 2. The van der Waals surface area contributed by atoms with Crippen LogP contribution in [-0.4, -0.2) is 70.0 Å². The van der Waals surface area contributed by atoms with Gasteiger partial charge in [-0.05, 0) is 79.8 Å². The van der Waals surface area contributed by atoms with Crippen LogP contribution < -0.4 is 4.90 Å². The number of fused-ring (bicyclic) bond motifs is 6. The molecule has 0 radical (unpaired) electrons. The smallest absolute Gasteiger partial charge is 0.410 e. The van der Waals surface area contributed by atoms with Gasteiger partial charge in [0.25, 0.3) is 0 Å². The minimum Gasteiger partial charge on any atom is -0.444 e. The van der Waals surface area contributed by atoms with Gasteiger partial charge in [0, 0.05) is 17.5 Å². The molecule has 0 saturated carbocycles. The van der Waals surface area contributed by atoms with Crippen LogP contribution in [0.25, 0.3) is 32.9 Å². The number of hydrogen-bond donors (Lipinski definition) is 0. The summed E-state index contributed by atoms with van der Waals surface area (Å²) >= 11 is 1.47. The van der Waals surface area contributed by atoms with Crippen molar-refractivity contribution in [2.45, 2.75) is 141 Å². The maximum atomic E-state index is 17.5. The molecule has 1 amide bonds. The number of hydrogen-bond acceptors (Lipinski definition) is 7. The third-order valence-corrected chi connectivity index (χ3v) is 19.3. The van der Waals surface area contributed by atoms with E-state index in [9.17, 15) is 4.79 Å². The molecule has 4 atom stereocenters. The van der Waals surface area contributed by atoms with Crippen molar-refractivity contribution in [3.63, 3.8) is 0 Å². The van der Waals surface area contributed by atoms with Crippen LogP contribution >= 0.6 is 11.8 Å². The van der Waals surface area contributed by atoms with Crippen molar-refractivity contribution >= 4 is 53.4 Å². The highest BCUT2D eigenvalue weighted by atomic mass is 32.2. The lowest BCUT2D eigenvalue weighted by Gasteiger charge is -2.49. The maximum absolute atomic E-state index is 17.5. The molecule has 3 aliphatic rings. The molecule has 0 aliphatic carbocycles. The first-order valence-corrected chi connectivity index (χ1v) is 23.3. The maximum Gasteiger partial charge on any atom is 0.410 e. The minimum atomic E-state index is -2.22. The zero-order chi connectivity index (χ0) is 39.7. The van der Waals surface area contributed by atoms with Gasteiger partial charge >= 0.3 is 6.09 Å². The molecule has 3 aliphatic heterocycles. The predicted molar refractivity (Wildman–Crippen MR) is 223 cm³/mol. The number of piperazine rings is 1. The van der Waals surface area contributed by atoms with Crippen LogP contribution in [0.1, 0.15) is 100 Å². The van der Waals surface area contributed by atoms with Crippen LogP contribution in [0.3, 0.4) is 0 Å². The molecule has 2 saturated heterocycles. The first-order chi connectivity index (χ1) is 26.0. The van der Waals surface area contributed by atoms with E-state index in [1.165, 1.54) is 17.8 Å². The predicted octanol–water partition coefficient (Wildman–Crippen LogP) is 11.0. The van der Waals surface area contributed by atoms with Crippen molar-refractivity contribution < 1.29 is 18.3 Å². The number of nitrogens with zero attached hydrogens (tertiary/aromatic N) is 5. The van der Waals surface area contributed by atoms with Crippen molar-refractivity contribution in [2.24, 2.45) is 5.92 Å². The average molecular weight is 784 g/mol. The summed E-state index contributed by atoms with van der Waals surface area (Å²) in [5.41, 5.74) is 6.06. The number of benzene rings is 2. The zero-order valence-corrected chi connectivity index (χ0v) is 36.0. The van der Waals surface area contributed by atoms with Gasteiger partial charge in [-0.1, -0.05) is 97.3 Å². The second-order valence-corrected chi connectivity index (χ2v) is 24.5. The van der Waals surface area contributed by atoms with Gasteiger partial charge in [0.1, 0.15) is 36.5 Å². The molecular weight excluding hydrogens is 729 g/mol. The van der Waals surface area contributed by atoms with Crippen LogP contribution in [0.5, 0.6) is 0 Å². The molecule has 0 N–H and O–H groups in total. The van der Waals surface area contributed by atoms with E-state index in [-0.39, 0.29) is 46.9 Å². The standard InChI is InChI=1S/C44H55F2N5O2SSi/c1-12-54-42-48-39-36-33(22-27(8)40-34-19-17-29(23-50(40)41(36)49-42)51(34)43(52)53-44(9,10)11)47-38(37(39)46)31-15-13-14-28-16-18-32(45)30(35(28)31)20-21-55(24(2)3,25(4)5)26(6)7/h13-16,18,24-27,29,34,40H,12,17,19,22-23H2,1-11H3/t27-,29+,34-,40+/m0/s1. The summed E-state index contributed by atoms with van der Waals surface area (Å²) in [6, 6.07) is 8.63. The SMILES string of the molecule is CCSc1nc2c3c(nc(-c4cccc5ccc(F)c(C#C[Si](C(C)C)(C(C)C)C(C)C)c45)c(F)c3n1)C[C@H](C)[C@@H]1[C@@H]3CC[C@H](CN21)N3C(=O)OC(C)(C)C. The van der Waals surface area contributed by atoms with E-state index in [2.05, 4.69) is 64.8 Å². The Morgan fingerprint density at radius 2 is 1.71 bits per heavy atom. The Kier molecular flexibility index (Phi) is 10.5. The number of thioether (sulfide) groups is 1. The Morgan fingerprint density at radius 3 is 2.36 bits per heavy atom. The molecule has 7 rings (SSSR count). The summed E-state index contributed by atoms with van der Waals surface area (Å²) < 4.78 is 39.6. The lowest BCUT2D eigenvalue weighted by molar-refractivity contribution is 0.00491. The highest BCUT2D eigenvalue weighted by molar-refractivity contribution is 7.99. The van der Waals surface area contributed by atoms with E-state index in [4.69, 9.17) is 19.7 Å².